The van der Waals surface area contributed by atoms with Crippen molar-refractivity contribution in [3.63, 3.8) is 0 Å². The van der Waals surface area contributed by atoms with Crippen LogP contribution >= 0.6 is 11.8 Å². The Balaban J connectivity index is 1.95. The van der Waals surface area contributed by atoms with Crippen molar-refractivity contribution in [3.8, 4) is 0 Å². The first-order valence-electron chi connectivity index (χ1n) is 10.8. The van der Waals surface area contributed by atoms with Crippen LogP contribution in [0.3, 0.4) is 0 Å². The summed E-state index contributed by atoms with van der Waals surface area (Å²) in [4.78, 5) is 41.4. The van der Waals surface area contributed by atoms with Crippen molar-refractivity contribution < 1.29 is 24.2 Å². The van der Waals surface area contributed by atoms with Gasteiger partial charge in [0.2, 0.25) is 11.8 Å². The molecule has 2 unspecified atom stereocenters. The molecule has 0 aromatic carbocycles. The second kappa shape index (κ2) is 8.46. The fraction of sp³-hybridized carbons (Fsp3) is 0.857. The first-order valence-corrected chi connectivity index (χ1v) is 11.6. The van der Waals surface area contributed by atoms with E-state index in [1.165, 1.54) is 0 Å². The van der Waals surface area contributed by atoms with Gasteiger partial charge in [-0.15, -0.1) is 11.8 Å². The van der Waals surface area contributed by atoms with Crippen LogP contribution in [-0.4, -0.2) is 69.1 Å². The standard InChI is InChI=1S/C21H34N2O5S/c1-5-28-19(27)15-14-18(26)23(11-7-6-8-12-24)16(17(25)22-13(2)3)21(14)10-9-20(15,4)29-21/h13-16,24H,5-12H2,1-4H3,(H,22,25)/t14-,15-,16?,20+,21?/m0/s1. The Hall–Kier alpha value is -1.28. The molecule has 3 aliphatic heterocycles. The number of carbonyl (C=O) groups is 3. The van der Waals surface area contributed by atoms with Gasteiger partial charge in [0.1, 0.15) is 6.04 Å². The van der Waals surface area contributed by atoms with Crippen molar-refractivity contribution in [1.29, 1.82) is 0 Å². The molecule has 3 heterocycles. The Morgan fingerprint density at radius 2 is 2.03 bits per heavy atom. The molecule has 1 spiro atoms. The lowest BCUT2D eigenvalue weighted by Crippen LogP contribution is -2.54. The Kier molecular flexibility index (Phi) is 6.53. The number of carbonyl (C=O) groups excluding carboxylic acids is 3. The van der Waals surface area contributed by atoms with Crippen molar-refractivity contribution in [2.75, 3.05) is 19.8 Å². The number of thioether (sulfide) groups is 1. The SMILES string of the molecule is CCOC(=O)[C@@H]1[C@H]2C(=O)N(CCCCCO)C(C(=O)NC(C)C)C23CC[C@@]1(C)S3. The number of likely N-dealkylation sites (tertiary alicyclic amines) is 1. The number of hydrogen-bond acceptors (Lipinski definition) is 6. The van der Waals surface area contributed by atoms with E-state index in [9.17, 15) is 14.4 Å². The first kappa shape index (κ1) is 22.4. The van der Waals surface area contributed by atoms with E-state index >= 15 is 0 Å². The minimum Gasteiger partial charge on any atom is -0.466 e. The van der Waals surface area contributed by atoms with Gasteiger partial charge in [0, 0.05) is 23.9 Å². The summed E-state index contributed by atoms with van der Waals surface area (Å²) in [5.74, 6) is -1.55. The van der Waals surface area contributed by atoms with Gasteiger partial charge in [-0.25, -0.2) is 0 Å². The number of amides is 2. The molecule has 0 aromatic heterocycles. The average molecular weight is 427 g/mol. The monoisotopic (exact) mass is 426 g/mol. The second-order valence-electron chi connectivity index (χ2n) is 8.96. The summed E-state index contributed by atoms with van der Waals surface area (Å²) in [5, 5.41) is 12.0. The Morgan fingerprint density at radius 3 is 2.66 bits per heavy atom. The maximum atomic E-state index is 13.6. The quantitative estimate of drug-likeness (QED) is 0.431. The molecule has 7 nitrogen and oxygen atoms in total. The summed E-state index contributed by atoms with van der Waals surface area (Å²) in [6.45, 7) is 8.53. The molecule has 2 N–H and O–H groups in total. The van der Waals surface area contributed by atoms with E-state index in [1.807, 2.05) is 20.8 Å². The summed E-state index contributed by atoms with van der Waals surface area (Å²) >= 11 is 1.66. The van der Waals surface area contributed by atoms with E-state index in [1.54, 1.807) is 23.6 Å². The average Bonchev–Trinajstić information content (AvgIpc) is 3.19. The number of ether oxygens (including phenoxy) is 1. The van der Waals surface area contributed by atoms with Crippen LogP contribution < -0.4 is 5.32 Å². The third-order valence-electron chi connectivity index (χ3n) is 6.55. The molecule has 0 radical (unpaired) electrons. The predicted octanol–water partition coefficient (Wildman–Crippen LogP) is 1.72. The maximum absolute atomic E-state index is 13.6. The van der Waals surface area contributed by atoms with Crippen LogP contribution in [0, 0.1) is 11.8 Å². The number of fused-ring (bicyclic) bond motifs is 1. The number of esters is 1. The number of aliphatic hydroxyl groups is 1. The molecular weight excluding hydrogens is 392 g/mol. The summed E-state index contributed by atoms with van der Waals surface area (Å²) in [7, 11) is 0. The van der Waals surface area contributed by atoms with Gasteiger partial charge in [0.05, 0.1) is 23.2 Å². The molecule has 0 saturated carbocycles. The number of rotatable bonds is 9. The van der Waals surface area contributed by atoms with Crippen LogP contribution in [0.15, 0.2) is 0 Å². The van der Waals surface area contributed by atoms with E-state index < -0.39 is 22.6 Å². The fourth-order valence-electron chi connectivity index (χ4n) is 5.49. The molecule has 5 atom stereocenters. The third kappa shape index (κ3) is 3.67. The molecule has 3 rings (SSSR count). The summed E-state index contributed by atoms with van der Waals surface area (Å²) in [5.41, 5.74) is 0. The van der Waals surface area contributed by atoms with Crippen molar-refractivity contribution in [1.82, 2.24) is 10.2 Å². The Bertz CT molecular complexity index is 671. The van der Waals surface area contributed by atoms with Gasteiger partial charge >= 0.3 is 5.97 Å². The van der Waals surface area contributed by atoms with Gasteiger partial charge in [0.15, 0.2) is 0 Å². The summed E-state index contributed by atoms with van der Waals surface area (Å²) in [6.07, 6.45) is 3.76. The van der Waals surface area contributed by atoms with Crippen LogP contribution in [0.1, 0.15) is 59.8 Å². The maximum Gasteiger partial charge on any atom is 0.311 e. The summed E-state index contributed by atoms with van der Waals surface area (Å²) < 4.78 is 4.41. The van der Waals surface area contributed by atoms with Crippen LogP contribution in [0.2, 0.25) is 0 Å². The number of aliphatic hydroxyl groups excluding tert-OH is 1. The largest absolute Gasteiger partial charge is 0.466 e. The van der Waals surface area contributed by atoms with E-state index in [4.69, 9.17) is 9.84 Å². The molecule has 2 amide bonds. The van der Waals surface area contributed by atoms with Gasteiger partial charge < -0.3 is 20.1 Å². The zero-order valence-electron chi connectivity index (χ0n) is 17.9. The van der Waals surface area contributed by atoms with Crippen LogP contribution in [-0.2, 0) is 19.1 Å². The van der Waals surface area contributed by atoms with Gasteiger partial charge in [-0.2, -0.15) is 0 Å². The minimum atomic E-state index is -0.570. The highest BCUT2D eigenvalue weighted by Gasteiger charge is 2.77. The third-order valence-corrected chi connectivity index (χ3v) is 8.54. The lowest BCUT2D eigenvalue weighted by atomic mass is 9.66. The Labute approximate surface area is 177 Å². The topological polar surface area (TPSA) is 95.9 Å². The minimum absolute atomic E-state index is 0.0238. The summed E-state index contributed by atoms with van der Waals surface area (Å²) in [6, 6.07) is -0.591. The number of unbranched alkanes of at least 4 members (excludes halogenated alkanes) is 2. The van der Waals surface area contributed by atoms with Crippen LogP contribution in [0.25, 0.3) is 0 Å². The molecule has 2 bridgehead atoms. The van der Waals surface area contributed by atoms with E-state index in [0.29, 0.717) is 13.0 Å². The van der Waals surface area contributed by atoms with E-state index in [-0.39, 0.29) is 41.8 Å². The van der Waals surface area contributed by atoms with Gasteiger partial charge in [-0.3, -0.25) is 14.4 Å². The first-order chi connectivity index (χ1) is 13.7. The van der Waals surface area contributed by atoms with Crippen molar-refractivity contribution in [2.45, 2.75) is 81.4 Å². The molecular formula is C21H34N2O5S. The normalized spacial score (nSPS) is 35.3. The van der Waals surface area contributed by atoms with Crippen molar-refractivity contribution in [3.05, 3.63) is 0 Å². The smallest absolute Gasteiger partial charge is 0.311 e. The molecule has 0 aliphatic carbocycles. The zero-order chi connectivity index (χ0) is 21.4. The predicted molar refractivity (Wildman–Crippen MR) is 111 cm³/mol. The highest BCUT2D eigenvalue weighted by molar-refractivity contribution is 8.02. The molecule has 3 fully saturated rings. The zero-order valence-corrected chi connectivity index (χ0v) is 18.7. The van der Waals surface area contributed by atoms with Crippen molar-refractivity contribution in [2.24, 2.45) is 11.8 Å². The second-order valence-corrected chi connectivity index (χ2v) is 10.9. The molecule has 3 saturated heterocycles. The highest BCUT2D eigenvalue weighted by Crippen LogP contribution is 2.71. The molecule has 3 aliphatic rings. The van der Waals surface area contributed by atoms with Gasteiger partial charge in [-0.05, 0) is 59.8 Å². The number of nitrogens with zero attached hydrogens (tertiary/aromatic N) is 1. The van der Waals surface area contributed by atoms with Crippen LogP contribution in [0.5, 0.6) is 0 Å². The highest BCUT2D eigenvalue weighted by atomic mass is 32.2. The molecule has 8 heteroatoms. The van der Waals surface area contributed by atoms with E-state index in [2.05, 4.69) is 5.32 Å². The lowest BCUT2D eigenvalue weighted by Gasteiger charge is -2.34. The van der Waals surface area contributed by atoms with Crippen molar-refractivity contribution >= 4 is 29.5 Å². The van der Waals surface area contributed by atoms with Gasteiger partial charge in [-0.1, -0.05) is 0 Å². The number of nitrogens with one attached hydrogen (secondary N) is 1. The lowest BCUT2D eigenvalue weighted by molar-refractivity contribution is -0.155. The van der Waals surface area contributed by atoms with E-state index in [0.717, 1.165) is 25.7 Å². The number of hydrogen-bond donors (Lipinski definition) is 2. The Morgan fingerprint density at radius 1 is 1.31 bits per heavy atom. The molecule has 164 valence electrons. The molecule has 0 aromatic rings. The molecule has 29 heavy (non-hydrogen) atoms. The fourth-order valence-corrected chi connectivity index (χ4v) is 7.84. The van der Waals surface area contributed by atoms with Gasteiger partial charge in [0.25, 0.3) is 0 Å². The van der Waals surface area contributed by atoms with Crippen LogP contribution in [0.4, 0.5) is 0 Å².